The van der Waals surface area contributed by atoms with Gasteiger partial charge >= 0.3 is 0 Å². The van der Waals surface area contributed by atoms with Crippen LogP contribution in [0, 0.1) is 11.3 Å². The summed E-state index contributed by atoms with van der Waals surface area (Å²) in [6, 6.07) is 9.49. The van der Waals surface area contributed by atoms with Crippen LogP contribution in [-0.4, -0.2) is 26.0 Å². The second kappa shape index (κ2) is 7.45. The van der Waals surface area contributed by atoms with Gasteiger partial charge in [0.25, 0.3) is 0 Å². The van der Waals surface area contributed by atoms with E-state index in [2.05, 4.69) is 16.2 Å². The second-order valence-electron chi connectivity index (χ2n) is 8.00. The lowest BCUT2D eigenvalue weighted by Crippen LogP contribution is -2.21. The molecule has 3 aromatic heterocycles. The van der Waals surface area contributed by atoms with Crippen LogP contribution in [0.25, 0.3) is 33.4 Å². The summed E-state index contributed by atoms with van der Waals surface area (Å²) in [6.45, 7) is 0. The molecule has 0 radical (unpaired) electrons. The van der Waals surface area contributed by atoms with E-state index in [4.69, 9.17) is 15.9 Å². The van der Waals surface area contributed by atoms with Crippen molar-refractivity contribution in [1.29, 1.82) is 5.26 Å². The number of rotatable bonds is 3. The molecule has 0 aliphatic heterocycles. The monoisotopic (exact) mass is 414 g/mol. The molecule has 0 saturated heterocycles. The third-order valence-electron chi connectivity index (χ3n) is 6.00. The number of aromatic nitrogens is 3. The van der Waals surface area contributed by atoms with Crippen molar-refractivity contribution in [2.45, 2.75) is 37.8 Å². The topological polar surface area (TPSA) is 140 Å². The fourth-order valence-corrected chi connectivity index (χ4v) is 4.22. The van der Waals surface area contributed by atoms with E-state index in [1.807, 2.05) is 29.2 Å². The molecule has 4 aromatic rings. The van der Waals surface area contributed by atoms with Crippen LogP contribution >= 0.6 is 0 Å². The molecule has 156 valence electrons. The normalized spacial score (nSPS) is 18.8. The smallest absolute Gasteiger partial charge is 0.177 e. The summed E-state index contributed by atoms with van der Waals surface area (Å²) in [6.07, 6.45) is 8.77. The van der Waals surface area contributed by atoms with Crippen molar-refractivity contribution in [3.8, 4) is 28.5 Å². The zero-order valence-electron chi connectivity index (χ0n) is 16.8. The van der Waals surface area contributed by atoms with E-state index >= 15 is 0 Å². The first-order chi connectivity index (χ1) is 15.0. The summed E-state index contributed by atoms with van der Waals surface area (Å²) < 4.78 is 8.00. The fraction of sp³-hybridized carbons (Fsp3) is 0.261. The number of aliphatic hydroxyl groups is 1. The Labute approximate surface area is 178 Å². The number of anilines is 2. The molecule has 0 atom stereocenters. The van der Waals surface area contributed by atoms with Crippen molar-refractivity contribution in [3.05, 3.63) is 48.4 Å². The van der Waals surface area contributed by atoms with Gasteiger partial charge in [-0.25, -0.2) is 4.98 Å². The first-order valence-electron chi connectivity index (χ1n) is 10.2. The summed E-state index contributed by atoms with van der Waals surface area (Å²) in [7, 11) is 0. The Morgan fingerprint density at radius 1 is 1.10 bits per heavy atom. The molecule has 3 heterocycles. The van der Waals surface area contributed by atoms with Gasteiger partial charge in [-0.2, -0.15) is 10.4 Å². The molecule has 1 aliphatic carbocycles. The molecule has 0 amide bonds. The fourth-order valence-electron chi connectivity index (χ4n) is 4.22. The van der Waals surface area contributed by atoms with Gasteiger partial charge in [0.2, 0.25) is 0 Å². The van der Waals surface area contributed by atoms with Crippen molar-refractivity contribution in [2.24, 2.45) is 0 Å². The number of fused-ring (bicyclic) bond motifs is 1. The number of nitrogen functional groups attached to an aromatic ring is 2. The lowest BCUT2D eigenvalue weighted by atomic mass is 9.93. The Morgan fingerprint density at radius 3 is 2.68 bits per heavy atom. The van der Waals surface area contributed by atoms with Crippen LogP contribution in [0.1, 0.15) is 37.3 Å². The lowest BCUT2D eigenvalue weighted by molar-refractivity contribution is 0.108. The summed E-state index contributed by atoms with van der Waals surface area (Å²) >= 11 is 0. The summed E-state index contributed by atoms with van der Waals surface area (Å²) in [5.74, 6) is 0.885. The summed E-state index contributed by atoms with van der Waals surface area (Å²) in [4.78, 5) is 4.31. The molecule has 0 unspecified atom stereocenters. The number of pyridine rings is 1. The predicted octanol–water partition coefficient (Wildman–Crippen LogP) is 3.87. The van der Waals surface area contributed by atoms with E-state index in [1.165, 1.54) is 0 Å². The van der Waals surface area contributed by atoms with Crippen molar-refractivity contribution in [3.63, 3.8) is 0 Å². The van der Waals surface area contributed by atoms with Crippen molar-refractivity contribution in [1.82, 2.24) is 14.8 Å². The third kappa shape index (κ3) is 3.39. The molecule has 1 saturated carbocycles. The highest BCUT2D eigenvalue weighted by atomic mass is 16.3. The highest BCUT2D eigenvalue weighted by molar-refractivity contribution is 6.00. The largest absolute Gasteiger partial charge is 0.452 e. The van der Waals surface area contributed by atoms with Gasteiger partial charge < -0.3 is 21.0 Å². The molecule has 0 spiro atoms. The van der Waals surface area contributed by atoms with Gasteiger partial charge in [0.1, 0.15) is 11.8 Å². The molecule has 8 heteroatoms. The van der Waals surface area contributed by atoms with Gasteiger partial charge in [0.05, 0.1) is 23.9 Å². The quantitative estimate of drug-likeness (QED) is 0.432. The van der Waals surface area contributed by atoms with Gasteiger partial charge in [-0.15, -0.1) is 0 Å². The van der Waals surface area contributed by atoms with E-state index in [1.54, 1.807) is 18.3 Å². The summed E-state index contributed by atoms with van der Waals surface area (Å²) in [5.41, 5.74) is 15.8. The van der Waals surface area contributed by atoms with Crippen molar-refractivity contribution in [2.75, 3.05) is 11.5 Å². The average Bonchev–Trinajstić information content (AvgIpc) is 3.43. The minimum absolute atomic E-state index is 0.202. The number of furan rings is 1. The maximum absolute atomic E-state index is 9.76. The van der Waals surface area contributed by atoms with Crippen LogP contribution in [0.3, 0.4) is 0 Å². The standard InChI is InChI=1S/C23H22N6O2/c24-9-14-7-13(1-6-20(14)25)21-8-18-19(11-27-23(26)22(18)31-21)15-10-28-29(12-15)16-2-4-17(30)5-3-16/h1,6-8,10-12,16-17,30H,2-5,25H2,(H2,26,27). The van der Waals surface area contributed by atoms with Crippen LogP contribution in [-0.2, 0) is 0 Å². The van der Waals surface area contributed by atoms with Crippen molar-refractivity contribution >= 4 is 22.5 Å². The summed E-state index contributed by atoms with van der Waals surface area (Å²) in [5, 5.41) is 24.4. The number of nitrogens with two attached hydrogens (primary N) is 2. The lowest BCUT2D eigenvalue weighted by Gasteiger charge is -2.25. The van der Waals surface area contributed by atoms with Crippen LogP contribution < -0.4 is 11.5 Å². The molecular weight excluding hydrogens is 392 g/mol. The van der Waals surface area contributed by atoms with E-state index in [0.717, 1.165) is 47.8 Å². The molecule has 1 aromatic carbocycles. The van der Waals surface area contributed by atoms with Gasteiger partial charge in [0.15, 0.2) is 11.4 Å². The molecule has 1 aliphatic rings. The first kappa shape index (κ1) is 19.2. The number of benzene rings is 1. The Hall–Kier alpha value is -3.83. The van der Waals surface area contributed by atoms with Crippen LogP contribution in [0.5, 0.6) is 0 Å². The predicted molar refractivity (Wildman–Crippen MR) is 118 cm³/mol. The maximum atomic E-state index is 9.76. The third-order valence-corrected chi connectivity index (χ3v) is 6.00. The molecule has 1 fully saturated rings. The number of hydrogen-bond acceptors (Lipinski definition) is 7. The minimum Gasteiger partial charge on any atom is -0.452 e. The number of hydrogen-bond donors (Lipinski definition) is 3. The van der Waals surface area contributed by atoms with Crippen LogP contribution in [0.4, 0.5) is 11.5 Å². The zero-order valence-corrected chi connectivity index (χ0v) is 16.8. The Kier molecular flexibility index (Phi) is 4.60. The van der Waals surface area contributed by atoms with Gasteiger partial charge in [-0.3, -0.25) is 4.68 Å². The average molecular weight is 414 g/mol. The second-order valence-corrected chi connectivity index (χ2v) is 8.00. The molecule has 5 N–H and O–H groups in total. The Bertz CT molecular complexity index is 1310. The number of nitriles is 1. The Morgan fingerprint density at radius 2 is 1.90 bits per heavy atom. The zero-order chi connectivity index (χ0) is 21.5. The van der Waals surface area contributed by atoms with E-state index in [9.17, 15) is 10.4 Å². The minimum atomic E-state index is -0.202. The first-order valence-corrected chi connectivity index (χ1v) is 10.2. The van der Waals surface area contributed by atoms with Gasteiger partial charge in [-0.05, 0) is 49.9 Å². The number of aliphatic hydroxyl groups excluding tert-OH is 1. The molecule has 0 bridgehead atoms. The number of nitrogens with zero attached hydrogens (tertiary/aromatic N) is 4. The van der Waals surface area contributed by atoms with E-state index in [-0.39, 0.29) is 12.1 Å². The maximum Gasteiger partial charge on any atom is 0.177 e. The van der Waals surface area contributed by atoms with Gasteiger partial charge in [-0.1, -0.05) is 0 Å². The van der Waals surface area contributed by atoms with Gasteiger partial charge in [0, 0.05) is 40.2 Å². The Balaban J connectivity index is 1.55. The molecule has 31 heavy (non-hydrogen) atoms. The van der Waals surface area contributed by atoms with E-state index < -0.39 is 0 Å². The van der Waals surface area contributed by atoms with Crippen molar-refractivity contribution < 1.29 is 9.52 Å². The SMILES string of the molecule is N#Cc1cc(-c2cc3c(-c4cnn(C5CCC(O)CC5)c4)cnc(N)c3o2)ccc1N. The van der Waals surface area contributed by atoms with Crippen LogP contribution in [0.15, 0.2) is 47.3 Å². The molecule has 5 rings (SSSR count). The highest BCUT2D eigenvalue weighted by Crippen LogP contribution is 2.37. The van der Waals surface area contributed by atoms with Crippen LogP contribution in [0.2, 0.25) is 0 Å². The molecule has 8 nitrogen and oxygen atoms in total. The molecular formula is C23H22N6O2. The highest BCUT2D eigenvalue weighted by Gasteiger charge is 2.22. The van der Waals surface area contributed by atoms with E-state index in [0.29, 0.717) is 28.4 Å².